The van der Waals surface area contributed by atoms with Crippen molar-refractivity contribution < 1.29 is 24.5 Å². The minimum absolute atomic E-state index is 0.0150. The largest absolute Gasteiger partial charge is 0.466 e. The molecule has 0 saturated carbocycles. The van der Waals surface area contributed by atoms with Crippen LogP contribution in [0.4, 0.5) is 0 Å². The lowest BCUT2D eigenvalue weighted by atomic mass is 10.0. The fourth-order valence-electron chi connectivity index (χ4n) is 9.23. The van der Waals surface area contributed by atoms with Crippen LogP contribution >= 0.6 is 0 Å². The van der Waals surface area contributed by atoms with Gasteiger partial charge in [0.15, 0.2) is 0 Å². The fourth-order valence-corrected chi connectivity index (χ4v) is 9.23. The van der Waals surface area contributed by atoms with Crippen LogP contribution in [-0.4, -0.2) is 47.4 Å². The Morgan fingerprint density at radius 3 is 0.968 bits per heavy atom. The van der Waals surface area contributed by atoms with Gasteiger partial charge in [-0.25, -0.2) is 0 Å². The molecule has 6 heteroatoms. The first-order valence-corrected chi connectivity index (χ1v) is 28.8. The number of nitrogens with one attached hydrogen (secondary N) is 1. The summed E-state index contributed by atoms with van der Waals surface area (Å²) in [4.78, 5) is 24.5. The van der Waals surface area contributed by atoms with E-state index in [1.54, 1.807) is 0 Å². The third-order valence-electron chi connectivity index (χ3n) is 13.7. The van der Waals surface area contributed by atoms with Crippen LogP contribution in [0, 0.1) is 0 Å². The predicted octanol–water partition coefficient (Wildman–Crippen LogP) is 17.5. The lowest BCUT2D eigenvalue weighted by Gasteiger charge is -2.22. The third-order valence-corrected chi connectivity index (χ3v) is 13.7. The van der Waals surface area contributed by atoms with Crippen molar-refractivity contribution in [3.8, 4) is 0 Å². The highest BCUT2D eigenvalue weighted by Crippen LogP contribution is 2.18. The summed E-state index contributed by atoms with van der Waals surface area (Å²) in [7, 11) is 0. The molecule has 0 radical (unpaired) electrons. The Bertz CT molecular complexity index is 898. The maximum atomic E-state index is 12.5. The van der Waals surface area contributed by atoms with Gasteiger partial charge >= 0.3 is 5.97 Å². The predicted molar refractivity (Wildman–Crippen MR) is 274 cm³/mol. The molecule has 0 aromatic carbocycles. The first-order chi connectivity index (χ1) is 31.0. The molecule has 0 aliphatic heterocycles. The van der Waals surface area contributed by atoms with Crippen molar-refractivity contribution in [1.82, 2.24) is 5.32 Å². The zero-order chi connectivity index (χ0) is 45.8. The monoisotopic (exact) mass is 892 g/mol. The molecule has 0 aliphatic rings. The molecule has 0 aromatic rings. The zero-order valence-electron chi connectivity index (χ0n) is 42.8. The van der Waals surface area contributed by atoms with E-state index in [0.717, 1.165) is 57.8 Å². The smallest absolute Gasteiger partial charge is 0.305 e. The Labute approximate surface area is 394 Å². The van der Waals surface area contributed by atoms with Gasteiger partial charge in [-0.1, -0.05) is 290 Å². The van der Waals surface area contributed by atoms with Gasteiger partial charge in [0, 0.05) is 12.8 Å². The van der Waals surface area contributed by atoms with Crippen molar-refractivity contribution in [2.75, 3.05) is 13.2 Å². The topological polar surface area (TPSA) is 95.9 Å². The van der Waals surface area contributed by atoms with Crippen molar-refractivity contribution in [2.24, 2.45) is 0 Å². The second-order valence-electron chi connectivity index (χ2n) is 20.0. The fraction of sp³-hybridized carbons (Fsp3) is 0.965. The molecule has 3 N–H and O–H groups in total. The quantitative estimate of drug-likeness (QED) is 0.0418. The van der Waals surface area contributed by atoms with Gasteiger partial charge in [-0.2, -0.15) is 0 Å². The summed E-state index contributed by atoms with van der Waals surface area (Å²) in [5, 5.41) is 23.3. The summed E-state index contributed by atoms with van der Waals surface area (Å²) in [5.41, 5.74) is 0. The zero-order valence-corrected chi connectivity index (χ0v) is 42.8. The standard InChI is InChI=1S/C57H113NO5/c1-3-5-7-9-11-13-15-17-19-20-21-22-23-24-25-26-27-29-33-37-41-45-49-55(60)54(53-59)58-56(61)50-46-42-38-34-31-32-36-40-44-48-52-63-57(62)51-47-43-39-35-30-28-18-16-14-12-10-8-6-4-2/h54-55,59-60H,3-53H2,1-2H3,(H,58,61). The van der Waals surface area contributed by atoms with Crippen molar-refractivity contribution in [2.45, 2.75) is 341 Å². The molecule has 0 aromatic heterocycles. The van der Waals surface area contributed by atoms with Crippen LogP contribution < -0.4 is 5.32 Å². The Morgan fingerprint density at radius 2 is 0.651 bits per heavy atom. The summed E-state index contributed by atoms with van der Waals surface area (Å²) in [6.45, 7) is 4.93. The number of aliphatic hydroxyl groups excluding tert-OH is 2. The van der Waals surface area contributed by atoms with Gasteiger partial charge in [0.1, 0.15) is 0 Å². The van der Waals surface area contributed by atoms with Gasteiger partial charge in [0.05, 0.1) is 25.4 Å². The molecule has 0 heterocycles. The maximum Gasteiger partial charge on any atom is 0.305 e. The summed E-state index contributed by atoms with van der Waals surface area (Å²) < 4.78 is 5.46. The highest BCUT2D eigenvalue weighted by atomic mass is 16.5. The number of amides is 1. The Kier molecular flexibility index (Phi) is 52.5. The minimum Gasteiger partial charge on any atom is -0.466 e. The summed E-state index contributed by atoms with van der Waals surface area (Å²) in [6, 6.07) is -0.557. The lowest BCUT2D eigenvalue weighted by molar-refractivity contribution is -0.143. The summed E-state index contributed by atoms with van der Waals surface area (Å²) in [6.07, 6.45) is 60.9. The average Bonchev–Trinajstić information content (AvgIpc) is 3.28. The van der Waals surface area contributed by atoms with E-state index in [9.17, 15) is 19.8 Å². The van der Waals surface area contributed by atoms with Crippen LogP contribution in [0.5, 0.6) is 0 Å². The maximum absolute atomic E-state index is 12.5. The van der Waals surface area contributed by atoms with Crippen LogP contribution in [-0.2, 0) is 14.3 Å². The molecule has 0 rings (SSSR count). The number of aliphatic hydroxyl groups is 2. The van der Waals surface area contributed by atoms with Crippen molar-refractivity contribution >= 4 is 11.9 Å². The first-order valence-electron chi connectivity index (χ1n) is 28.8. The highest BCUT2D eigenvalue weighted by Gasteiger charge is 2.20. The highest BCUT2D eigenvalue weighted by molar-refractivity contribution is 5.76. The van der Waals surface area contributed by atoms with E-state index in [4.69, 9.17) is 4.74 Å². The summed E-state index contributed by atoms with van der Waals surface area (Å²) >= 11 is 0. The number of ether oxygens (including phenoxy) is 1. The van der Waals surface area contributed by atoms with E-state index in [1.807, 2.05) is 0 Å². The number of carbonyl (C=O) groups is 2. The average molecular weight is 893 g/mol. The van der Waals surface area contributed by atoms with Crippen LogP contribution in [0.2, 0.25) is 0 Å². The molecule has 2 atom stereocenters. The van der Waals surface area contributed by atoms with Crippen LogP contribution in [0.1, 0.15) is 328 Å². The first kappa shape index (κ1) is 61.9. The number of carbonyl (C=O) groups excluding carboxylic acids is 2. The van der Waals surface area contributed by atoms with E-state index in [2.05, 4.69) is 19.2 Å². The SMILES string of the molecule is CCCCCCCCCCCCCCCCCCCCCCCCC(O)C(CO)NC(=O)CCCCCCCCCCCCOC(=O)CCCCCCCCCCCCCCCC. The Hall–Kier alpha value is -1.14. The summed E-state index contributed by atoms with van der Waals surface area (Å²) in [5.74, 6) is -0.0681. The van der Waals surface area contributed by atoms with Gasteiger partial charge in [-0.3, -0.25) is 9.59 Å². The van der Waals surface area contributed by atoms with Crippen LogP contribution in [0.3, 0.4) is 0 Å². The molecule has 0 fully saturated rings. The molecule has 0 bridgehead atoms. The Balaban J connectivity index is 3.45. The van der Waals surface area contributed by atoms with Crippen molar-refractivity contribution in [3.05, 3.63) is 0 Å². The second kappa shape index (κ2) is 53.5. The Morgan fingerprint density at radius 1 is 0.381 bits per heavy atom. The number of hydrogen-bond acceptors (Lipinski definition) is 5. The minimum atomic E-state index is -0.678. The van der Waals surface area contributed by atoms with E-state index in [0.29, 0.717) is 25.9 Å². The number of rotatable bonds is 54. The van der Waals surface area contributed by atoms with Gasteiger partial charge in [-0.15, -0.1) is 0 Å². The molecule has 0 spiro atoms. The van der Waals surface area contributed by atoms with Gasteiger partial charge in [0.25, 0.3) is 0 Å². The van der Waals surface area contributed by atoms with Gasteiger partial charge in [0.2, 0.25) is 5.91 Å². The second-order valence-corrected chi connectivity index (χ2v) is 20.0. The normalized spacial score (nSPS) is 12.5. The van der Waals surface area contributed by atoms with E-state index < -0.39 is 12.1 Å². The van der Waals surface area contributed by atoms with Crippen LogP contribution in [0.15, 0.2) is 0 Å². The van der Waals surface area contributed by atoms with E-state index in [-0.39, 0.29) is 18.5 Å². The molecule has 1 amide bonds. The molecule has 6 nitrogen and oxygen atoms in total. The molecular formula is C57H113NO5. The third kappa shape index (κ3) is 50.1. The lowest BCUT2D eigenvalue weighted by Crippen LogP contribution is -2.45. The number of hydrogen-bond donors (Lipinski definition) is 3. The molecular weight excluding hydrogens is 779 g/mol. The van der Waals surface area contributed by atoms with Crippen LogP contribution in [0.25, 0.3) is 0 Å². The number of unbranched alkanes of at least 4 members (excludes halogenated alkanes) is 43. The van der Waals surface area contributed by atoms with E-state index >= 15 is 0 Å². The van der Waals surface area contributed by atoms with Crippen molar-refractivity contribution in [3.63, 3.8) is 0 Å². The molecule has 63 heavy (non-hydrogen) atoms. The molecule has 0 saturated heterocycles. The molecule has 376 valence electrons. The van der Waals surface area contributed by atoms with Gasteiger partial charge in [-0.05, 0) is 25.7 Å². The van der Waals surface area contributed by atoms with Crippen molar-refractivity contribution in [1.29, 1.82) is 0 Å². The molecule has 2 unspecified atom stereocenters. The van der Waals surface area contributed by atoms with E-state index in [1.165, 1.54) is 238 Å². The molecule has 0 aliphatic carbocycles. The number of esters is 1. The van der Waals surface area contributed by atoms with Gasteiger partial charge < -0.3 is 20.3 Å².